The zero-order valence-electron chi connectivity index (χ0n) is 14.1. The van der Waals surface area contributed by atoms with Crippen LogP contribution in [0.2, 0.25) is 0 Å². The number of pyridine rings is 1. The molecule has 1 N–H and O–H groups in total. The smallest absolute Gasteiger partial charge is 0.259 e. The molecule has 0 bridgehead atoms. The number of rotatable bonds is 4. The van der Waals surface area contributed by atoms with Crippen LogP contribution in [0.15, 0.2) is 23.8 Å². The van der Waals surface area contributed by atoms with E-state index in [4.69, 9.17) is 0 Å². The van der Waals surface area contributed by atoms with Crippen molar-refractivity contribution in [2.24, 2.45) is 0 Å². The van der Waals surface area contributed by atoms with E-state index in [9.17, 15) is 4.79 Å². The first-order chi connectivity index (χ1) is 12.3. The Hall–Kier alpha value is -2.06. The molecule has 8 heteroatoms. The number of hydrogen-bond donors (Lipinski definition) is 1. The quantitative estimate of drug-likeness (QED) is 0.904. The van der Waals surface area contributed by atoms with Gasteiger partial charge >= 0.3 is 0 Å². The van der Waals surface area contributed by atoms with Crippen LogP contribution in [0.3, 0.4) is 0 Å². The van der Waals surface area contributed by atoms with Gasteiger partial charge in [0, 0.05) is 25.3 Å². The lowest BCUT2D eigenvalue weighted by Gasteiger charge is -2.38. The van der Waals surface area contributed by atoms with E-state index in [1.807, 2.05) is 12.1 Å². The number of hydrogen-bond acceptors (Lipinski definition) is 7. The van der Waals surface area contributed by atoms with Gasteiger partial charge in [0.25, 0.3) is 5.91 Å². The highest BCUT2D eigenvalue weighted by Gasteiger charge is 2.27. The van der Waals surface area contributed by atoms with Gasteiger partial charge in [-0.3, -0.25) is 15.0 Å². The minimum Gasteiger partial charge on any atom is -0.355 e. The fourth-order valence-corrected chi connectivity index (χ4v) is 4.11. The molecule has 0 radical (unpaired) electrons. The summed E-state index contributed by atoms with van der Waals surface area (Å²) in [5, 5.41) is 10.8. The minimum atomic E-state index is -0.204. The lowest BCUT2D eigenvalue weighted by atomic mass is 10.0. The van der Waals surface area contributed by atoms with Gasteiger partial charge < -0.3 is 4.90 Å². The first-order valence-electron chi connectivity index (χ1n) is 8.82. The van der Waals surface area contributed by atoms with Gasteiger partial charge in [0.2, 0.25) is 5.13 Å². The molecule has 1 amide bonds. The third-order valence-corrected chi connectivity index (χ3v) is 5.57. The van der Waals surface area contributed by atoms with Crippen LogP contribution in [0.1, 0.15) is 36.0 Å². The average molecular weight is 358 g/mol. The molecule has 2 aliphatic heterocycles. The lowest BCUT2D eigenvalue weighted by Crippen LogP contribution is -2.47. The van der Waals surface area contributed by atoms with Crippen LogP contribution in [-0.4, -0.2) is 58.2 Å². The molecule has 0 spiro atoms. The van der Waals surface area contributed by atoms with Crippen LogP contribution in [0.4, 0.5) is 10.9 Å². The summed E-state index contributed by atoms with van der Waals surface area (Å²) < 4.78 is 0. The molecule has 2 saturated heterocycles. The zero-order chi connectivity index (χ0) is 17.1. The van der Waals surface area contributed by atoms with Crippen LogP contribution in [-0.2, 0) is 0 Å². The first-order valence-corrected chi connectivity index (χ1v) is 9.70. The maximum Gasteiger partial charge on any atom is 0.259 e. The van der Waals surface area contributed by atoms with Gasteiger partial charge in [0.1, 0.15) is 11.3 Å². The second-order valence-electron chi connectivity index (χ2n) is 6.59. The predicted molar refractivity (Wildman–Crippen MR) is 98.1 cm³/mol. The number of carbonyl (C=O) groups is 1. The van der Waals surface area contributed by atoms with E-state index in [1.165, 1.54) is 50.1 Å². The number of piperidine rings is 1. The molecule has 2 aromatic heterocycles. The van der Waals surface area contributed by atoms with E-state index in [0.29, 0.717) is 16.7 Å². The van der Waals surface area contributed by atoms with E-state index in [-0.39, 0.29) is 5.91 Å². The predicted octanol–water partition coefficient (Wildman–Crippen LogP) is 2.25. The summed E-state index contributed by atoms with van der Waals surface area (Å²) in [6.45, 7) is 4.53. The summed E-state index contributed by atoms with van der Waals surface area (Å²) in [7, 11) is 0. The summed E-state index contributed by atoms with van der Waals surface area (Å²) >= 11 is 1.30. The number of anilines is 2. The van der Waals surface area contributed by atoms with Crippen LogP contribution < -0.4 is 10.2 Å². The maximum atomic E-state index is 12.2. The Labute approximate surface area is 151 Å². The molecule has 1 atom stereocenters. The molecule has 132 valence electrons. The standard InChI is InChI=1S/C17H22N6OS/c24-16(20-17-21-19-12-25-17)13-5-6-15(18-10-13)23-9-3-4-14(11-23)22-7-1-2-8-22/h5-6,10,12,14H,1-4,7-9,11H2,(H,20,21,24). The third-order valence-electron chi connectivity index (χ3n) is 4.97. The Morgan fingerprint density at radius 2 is 2.08 bits per heavy atom. The number of nitrogens with zero attached hydrogens (tertiary/aromatic N) is 5. The molecule has 0 saturated carbocycles. The highest BCUT2D eigenvalue weighted by molar-refractivity contribution is 7.13. The summed E-state index contributed by atoms with van der Waals surface area (Å²) in [5.74, 6) is 0.751. The van der Waals surface area contributed by atoms with Crippen molar-refractivity contribution in [3.05, 3.63) is 29.4 Å². The highest BCUT2D eigenvalue weighted by Crippen LogP contribution is 2.24. The molecule has 1 unspecified atom stereocenters. The summed E-state index contributed by atoms with van der Waals surface area (Å²) in [6, 6.07) is 4.41. The molecular formula is C17H22N6OS. The van der Waals surface area contributed by atoms with Crippen molar-refractivity contribution in [2.45, 2.75) is 31.7 Å². The zero-order valence-corrected chi connectivity index (χ0v) is 14.9. The second-order valence-corrected chi connectivity index (χ2v) is 7.42. The fraction of sp³-hybridized carbons (Fsp3) is 0.529. The van der Waals surface area contributed by atoms with Crippen molar-refractivity contribution in [3.8, 4) is 0 Å². The topological polar surface area (TPSA) is 74.2 Å². The highest BCUT2D eigenvalue weighted by atomic mass is 32.1. The van der Waals surface area contributed by atoms with E-state index >= 15 is 0 Å². The maximum absolute atomic E-state index is 12.2. The third kappa shape index (κ3) is 3.80. The van der Waals surface area contributed by atoms with Gasteiger partial charge in [-0.2, -0.15) is 0 Å². The van der Waals surface area contributed by atoms with E-state index in [2.05, 4.69) is 30.3 Å². The van der Waals surface area contributed by atoms with Crippen molar-refractivity contribution in [1.82, 2.24) is 20.1 Å². The molecular weight excluding hydrogens is 336 g/mol. The summed E-state index contributed by atoms with van der Waals surface area (Å²) in [5.41, 5.74) is 2.12. The van der Waals surface area contributed by atoms with Gasteiger partial charge in [-0.05, 0) is 50.9 Å². The average Bonchev–Trinajstić information content (AvgIpc) is 3.36. The van der Waals surface area contributed by atoms with Crippen molar-refractivity contribution in [1.29, 1.82) is 0 Å². The Morgan fingerprint density at radius 1 is 1.20 bits per heavy atom. The van der Waals surface area contributed by atoms with E-state index in [0.717, 1.165) is 18.9 Å². The Bertz CT molecular complexity index is 698. The van der Waals surface area contributed by atoms with Crippen LogP contribution in [0, 0.1) is 0 Å². The summed E-state index contributed by atoms with van der Waals surface area (Å²) in [4.78, 5) is 21.7. The number of amides is 1. The summed E-state index contributed by atoms with van der Waals surface area (Å²) in [6.07, 6.45) is 6.77. The van der Waals surface area contributed by atoms with Crippen LogP contribution >= 0.6 is 11.3 Å². The van der Waals surface area contributed by atoms with Crippen molar-refractivity contribution in [3.63, 3.8) is 0 Å². The number of likely N-dealkylation sites (tertiary alicyclic amines) is 1. The van der Waals surface area contributed by atoms with Gasteiger partial charge in [-0.25, -0.2) is 4.98 Å². The van der Waals surface area contributed by atoms with Crippen molar-refractivity contribution in [2.75, 3.05) is 36.4 Å². The lowest BCUT2D eigenvalue weighted by molar-refractivity contribution is 0.102. The Balaban J connectivity index is 1.40. The number of carbonyl (C=O) groups excluding carboxylic acids is 1. The Morgan fingerprint density at radius 3 is 2.80 bits per heavy atom. The van der Waals surface area contributed by atoms with Gasteiger partial charge in [0.15, 0.2) is 0 Å². The largest absolute Gasteiger partial charge is 0.355 e. The van der Waals surface area contributed by atoms with Crippen LogP contribution in [0.25, 0.3) is 0 Å². The Kier molecular flexibility index (Phi) is 4.89. The molecule has 2 aliphatic rings. The SMILES string of the molecule is O=C(Nc1nncs1)c1ccc(N2CCCC(N3CCCC3)C2)nc1. The van der Waals surface area contributed by atoms with Gasteiger partial charge in [0.05, 0.1) is 5.56 Å². The molecule has 4 rings (SSSR count). The van der Waals surface area contributed by atoms with E-state index < -0.39 is 0 Å². The second kappa shape index (κ2) is 7.45. The molecule has 4 heterocycles. The van der Waals surface area contributed by atoms with Crippen molar-refractivity contribution < 1.29 is 4.79 Å². The number of aromatic nitrogens is 3. The molecule has 0 aromatic carbocycles. The van der Waals surface area contributed by atoms with Gasteiger partial charge in [-0.15, -0.1) is 10.2 Å². The van der Waals surface area contributed by atoms with Gasteiger partial charge in [-0.1, -0.05) is 11.3 Å². The molecule has 25 heavy (non-hydrogen) atoms. The molecule has 2 fully saturated rings. The number of nitrogens with one attached hydrogen (secondary N) is 1. The molecule has 7 nitrogen and oxygen atoms in total. The normalized spacial score (nSPS) is 21.4. The fourth-order valence-electron chi connectivity index (χ4n) is 3.67. The first kappa shape index (κ1) is 16.4. The van der Waals surface area contributed by atoms with Crippen molar-refractivity contribution >= 4 is 28.2 Å². The molecule has 0 aliphatic carbocycles. The monoisotopic (exact) mass is 358 g/mol. The molecule has 2 aromatic rings. The van der Waals surface area contributed by atoms with Crippen LogP contribution in [0.5, 0.6) is 0 Å². The van der Waals surface area contributed by atoms with E-state index in [1.54, 1.807) is 11.7 Å². The minimum absolute atomic E-state index is 0.204.